The highest BCUT2D eigenvalue weighted by atomic mass is 16.4. The van der Waals surface area contributed by atoms with Gasteiger partial charge < -0.3 is 10.2 Å². The molecule has 0 aliphatic carbocycles. The van der Waals surface area contributed by atoms with Gasteiger partial charge >= 0.3 is 5.97 Å². The number of aliphatic carboxylic acids is 1. The van der Waals surface area contributed by atoms with Crippen molar-refractivity contribution >= 4 is 5.97 Å². The maximum Gasteiger partial charge on any atom is 0.307 e. The molecule has 0 unspecified atom stereocenters. The van der Waals surface area contributed by atoms with Gasteiger partial charge in [0.05, 0.1) is 12.0 Å². The van der Waals surface area contributed by atoms with Gasteiger partial charge in [-0.3, -0.25) is 4.79 Å². The van der Waals surface area contributed by atoms with Crippen molar-refractivity contribution in [2.45, 2.75) is 6.42 Å². The fraction of sp³-hybridized carbons (Fsp3) is 0.0909. The first kappa shape index (κ1) is 10.6. The van der Waals surface area contributed by atoms with E-state index in [1.165, 1.54) is 18.2 Å². The zero-order chi connectivity index (χ0) is 11.3. The molecule has 0 saturated heterocycles. The highest BCUT2D eigenvalue weighted by Gasteiger charge is 2.03. The van der Waals surface area contributed by atoms with Gasteiger partial charge in [-0.15, -0.1) is 0 Å². The van der Waals surface area contributed by atoms with Crippen LogP contribution in [0.2, 0.25) is 0 Å². The van der Waals surface area contributed by atoms with Crippen molar-refractivity contribution < 1.29 is 15.0 Å². The molecule has 0 atom stereocenters. The second-order valence-corrected chi connectivity index (χ2v) is 2.78. The molecule has 1 rings (SSSR count). The molecule has 0 aliphatic rings. The Morgan fingerprint density at radius 3 is 2.80 bits per heavy atom. The fourth-order valence-corrected chi connectivity index (χ4v) is 1.06. The molecule has 0 radical (unpaired) electrons. The highest BCUT2D eigenvalue weighted by Crippen LogP contribution is 2.17. The van der Waals surface area contributed by atoms with E-state index in [-0.39, 0.29) is 17.7 Å². The topological polar surface area (TPSA) is 81.3 Å². The Labute approximate surface area is 86.4 Å². The summed E-state index contributed by atoms with van der Waals surface area (Å²) < 4.78 is 0. The number of phenols is 1. The smallest absolute Gasteiger partial charge is 0.307 e. The van der Waals surface area contributed by atoms with Crippen LogP contribution in [0.3, 0.4) is 0 Å². The lowest BCUT2D eigenvalue weighted by Gasteiger charge is -2.00. The van der Waals surface area contributed by atoms with Crippen molar-refractivity contribution in [3.05, 3.63) is 29.3 Å². The Kier molecular flexibility index (Phi) is 3.32. The standard InChI is InChI=1S/C11H7NO3/c12-5-1-2-9-6-8(7-11(14)15)3-4-10(9)13/h3-4,6,13H,7H2,(H,14,15). The lowest BCUT2D eigenvalue weighted by molar-refractivity contribution is -0.136. The molecule has 2 N–H and O–H groups in total. The van der Waals surface area contributed by atoms with Crippen LogP contribution >= 0.6 is 0 Å². The van der Waals surface area contributed by atoms with Gasteiger partial charge in [0.2, 0.25) is 0 Å². The van der Waals surface area contributed by atoms with Gasteiger partial charge in [-0.2, -0.15) is 5.26 Å². The number of hydrogen-bond acceptors (Lipinski definition) is 3. The molecule has 0 saturated carbocycles. The molecule has 0 bridgehead atoms. The predicted octanol–water partition coefficient (Wildman–Crippen LogP) is 0.894. The summed E-state index contributed by atoms with van der Waals surface area (Å²) in [6.45, 7) is 0. The van der Waals surface area contributed by atoms with E-state index in [9.17, 15) is 9.90 Å². The van der Waals surface area contributed by atoms with Gasteiger partial charge in [-0.1, -0.05) is 6.07 Å². The molecule has 0 fully saturated rings. The summed E-state index contributed by atoms with van der Waals surface area (Å²) in [5, 5.41) is 26.1. The third-order valence-electron chi connectivity index (χ3n) is 1.67. The van der Waals surface area contributed by atoms with Crippen LogP contribution in [0.4, 0.5) is 0 Å². The van der Waals surface area contributed by atoms with Gasteiger partial charge in [0, 0.05) is 5.92 Å². The number of nitriles is 1. The number of phenolic OH excluding ortho intramolecular Hbond substituents is 1. The Morgan fingerprint density at radius 1 is 1.47 bits per heavy atom. The lowest BCUT2D eigenvalue weighted by atomic mass is 10.1. The Balaban J connectivity index is 3.06. The molecule has 0 heterocycles. The summed E-state index contributed by atoms with van der Waals surface area (Å²) in [5.41, 5.74) is 0.790. The summed E-state index contributed by atoms with van der Waals surface area (Å²) in [7, 11) is 0. The quantitative estimate of drug-likeness (QED) is 0.696. The van der Waals surface area contributed by atoms with Crippen molar-refractivity contribution in [2.75, 3.05) is 0 Å². The molecule has 15 heavy (non-hydrogen) atoms. The number of carboxylic acid groups (broad SMARTS) is 1. The first-order valence-corrected chi connectivity index (χ1v) is 4.07. The minimum Gasteiger partial charge on any atom is -0.507 e. The summed E-state index contributed by atoms with van der Waals surface area (Å²) in [4.78, 5) is 10.4. The number of aromatic hydroxyl groups is 1. The maximum absolute atomic E-state index is 10.4. The van der Waals surface area contributed by atoms with Crippen LogP contribution in [0.1, 0.15) is 11.1 Å². The largest absolute Gasteiger partial charge is 0.507 e. The zero-order valence-corrected chi connectivity index (χ0v) is 7.69. The normalized spacial score (nSPS) is 8.47. The van der Waals surface area contributed by atoms with Crippen LogP contribution < -0.4 is 0 Å². The predicted molar refractivity (Wildman–Crippen MR) is 51.9 cm³/mol. The number of carbonyl (C=O) groups is 1. The van der Waals surface area contributed by atoms with E-state index in [1.54, 1.807) is 6.07 Å². The van der Waals surface area contributed by atoms with E-state index >= 15 is 0 Å². The molecule has 1 aromatic rings. The van der Waals surface area contributed by atoms with Crippen LogP contribution in [-0.2, 0) is 11.2 Å². The SMILES string of the molecule is N#CC#Cc1cc(CC(=O)O)ccc1O. The number of benzene rings is 1. The molecule has 1 aromatic carbocycles. The second kappa shape index (κ2) is 4.69. The molecular weight excluding hydrogens is 194 g/mol. The van der Waals surface area contributed by atoms with E-state index in [0.717, 1.165) is 0 Å². The van der Waals surface area contributed by atoms with E-state index < -0.39 is 5.97 Å². The Bertz CT molecular complexity index is 489. The first-order chi connectivity index (χ1) is 7.13. The highest BCUT2D eigenvalue weighted by molar-refractivity contribution is 5.70. The number of hydrogen-bond donors (Lipinski definition) is 2. The molecule has 4 nitrogen and oxygen atoms in total. The third kappa shape index (κ3) is 3.06. The molecule has 0 aromatic heterocycles. The second-order valence-electron chi connectivity index (χ2n) is 2.78. The first-order valence-electron chi connectivity index (χ1n) is 4.07. The summed E-state index contributed by atoms with van der Waals surface area (Å²) in [6.07, 6.45) is -0.137. The zero-order valence-electron chi connectivity index (χ0n) is 7.69. The van der Waals surface area contributed by atoms with Crippen molar-refractivity contribution in [1.82, 2.24) is 0 Å². The summed E-state index contributed by atoms with van der Waals surface area (Å²) >= 11 is 0. The van der Waals surface area contributed by atoms with Gasteiger partial charge in [-0.25, -0.2) is 0 Å². The number of nitrogens with zero attached hydrogens (tertiary/aromatic N) is 1. The average Bonchev–Trinajstić information content (AvgIpc) is 2.18. The van der Waals surface area contributed by atoms with Gasteiger partial charge in [0.25, 0.3) is 0 Å². The van der Waals surface area contributed by atoms with Crippen LogP contribution in [-0.4, -0.2) is 16.2 Å². The monoisotopic (exact) mass is 201 g/mol. The van der Waals surface area contributed by atoms with Gasteiger partial charge in [0.1, 0.15) is 5.75 Å². The average molecular weight is 201 g/mol. The Hall–Kier alpha value is -2.46. The van der Waals surface area contributed by atoms with E-state index in [0.29, 0.717) is 5.56 Å². The number of carboxylic acids is 1. The van der Waals surface area contributed by atoms with Crippen molar-refractivity contribution in [3.63, 3.8) is 0 Å². The van der Waals surface area contributed by atoms with E-state index in [2.05, 4.69) is 11.8 Å². The van der Waals surface area contributed by atoms with Crippen LogP contribution in [0.25, 0.3) is 0 Å². The lowest BCUT2D eigenvalue weighted by Crippen LogP contribution is -1.99. The summed E-state index contributed by atoms with van der Waals surface area (Å²) in [5.74, 6) is 3.53. The summed E-state index contributed by atoms with van der Waals surface area (Å²) in [6, 6.07) is 5.93. The molecule has 0 spiro atoms. The third-order valence-corrected chi connectivity index (χ3v) is 1.67. The minimum atomic E-state index is -0.958. The molecule has 74 valence electrons. The van der Waals surface area contributed by atoms with Crippen molar-refractivity contribution in [3.8, 4) is 23.7 Å². The molecule has 4 heteroatoms. The van der Waals surface area contributed by atoms with Crippen molar-refractivity contribution in [1.29, 1.82) is 5.26 Å². The Morgan fingerprint density at radius 2 is 2.20 bits per heavy atom. The van der Waals surface area contributed by atoms with Crippen LogP contribution in [0, 0.1) is 23.2 Å². The van der Waals surface area contributed by atoms with E-state index in [4.69, 9.17) is 10.4 Å². The van der Waals surface area contributed by atoms with Gasteiger partial charge in [-0.05, 0) is 23.6 Å². The van der Waals surface area contributed by atoms with Crippen LogP contribution in [0.15, 0.2) is 18.2 Å². The van der Waals surface area contributed by atoms with Crippen molar-refractivity contribution in [2.24, 2.45) is 0 Å². The fourth-order valence-electron chi connectivity index (χ4n) is 1.06. The number of rotatable bonds is 2. The molecular formula is C11H7NO3. The van der Waals surface area contributed by atoms with Gasteiger partial charge in [0.15, 0.2) is 6.07 Å². The van der Waals surface area contributed by atoms with E-state index in [1.807, 2.05) is 0 Å². The van der Waals surface area contributed by atoms with Crippen LogP contribution in [0.5, 0.6) is 5.75 Å². The molecule has 0 amide bonds. The maximum atomic E-state index is 10.4. The minimum absolute atomic E-state index is 0.0631. The molecule has 0 aliphatic heterocycles.